The standard InChI is InChI=1S/C22H24N8O.C20H21N7.C18H22N6.2C17H21N7/c1-2-15-12-27-21(14-26-15)30-20-11-19(18(24)13-28-20)25-10-6-9-17(23)22(31)29-16-7-4-3-5-8-16;1-2-15-11-25-20(13-24-15)27-19-10-18(17(22)12-26-19)23-9-8-16(21)14-6-4-3-5-7-14;1-2-14-10-22-18(12-20-14)24-17-8-16(15(19)11-23-17)21-9-13-6-4-3-5-7-13;1-2-13-9-22-17(11-20-13)24-16-6-15(14(18)10-23-16)21-8-12-4-3-5-19-7-12;1-2-12-8-22-17(11-20-12)24-16-7-15(14(18)10-23-16)21-9-13-5-3-4-6-19-13/h1,3-5,7-8,11-14,17H,6,9-10,23-24H2,(H,29,31)(H2,25,27,28,30);1,3-7,10-13,16H,8-9,21-22H2,(H2,23,25,26,27);1,8,10-13H,3-7,9,19H2,(H2,21,22,23,24);1,6,9-12,19H,3-5,7-8,18H2,(H2,21,22,23,24);1,7-8,10-11,13,19H,3-6,9,18H2,(H2,21,22,23,24)/t;;;12-;/m...1./s1. The molecule has 36 heteroatoms. The summed E-state index contributed by atoms with van der Waals surface area (Å²) in [7, 11) is 0. The fourth-order valence-electron chi connectivity index (χ4n) is 13.4. The molecule has 2 saturated heterocycles. The minimum Gasteiger partial charge on any atom is -0.396 e. The van der Waals surface area contributed by atoms with Crippen molar-refractivity contribution >= 4 is 127 Å². The third-order valence-corrected chi connectivity index (χ3v) is 20.6. The van der Waals surface area contributed by atoms with Crippen molar-refractivity contribution in [3.8, 4) is 61.7 Å². The second-order valence-electron chi connectivity index (χ2n) is 30.3. The van der Waals surface area contributed by atoms with Crippen molar-refractivity contribution in [3.05, 3.63) is 218 Å². The average Bonchev–Trinajstić information content (AvgIpc) is 0.865. The molecule has 0 spiro atoms. The van der Waals surface area contributed by atoms with Gasteiger partial charge in [-0.15, -0.1) is 32.1 Å². The number of nitrogens with zero attached hydrogens (tertiary/aromatic N) is 15. The first-order chi connectivity index (χ1) is 63.4. The van der Waals surface area contributed by atoms with E-state index in [1.165, 1.54) is 95.2 Å². The number of piperidine rings is 2. The Morgan fingerprint density at radius 1 is 0.369 bits per heavy atom. The summed E-state index contributed by atoms with van der Waals surface area (Å²) in [4.78, 5) is 74.9. The molecule has 1 aliphatic carbocycles. The Hall–Kier alpha value is -16.3. The van der Waals surface area contributed by atoms with Crippen LogP contribution in [0.1, 0.15) is 124 Å². The van der Waals surface area contributed by atoms with E-state index in [4.69, 9.17) is 72.3 Å². The topological polar surface area (TPSA) is 549 Å². The quantitative estimate of drug-likeness (QED) is 0.0142. The molecule has 1 saturated carbocycles. The maximum Gasteiger partial charge on any atom is 0.241 e. The monoisotopic (exact) mass is 1740 g/mol. The fourth-order valence-corrected chi connectivity index (χ4v) is 13.4. The first-order valence-electron chi connectivity index (χ1n) is 42.5. The van der Waals surface area contributed by atoms with Crippen LogP contribution in [0.15, 0.2) is 184 Å². The molecule has 2 aliphatic heterocycles. The van der Waals surface area contributed by atoms with Crippen LogP contribution in [0.5, 0.6) is 0 Å². The van der Waals surface area contributed by atoms with Crippen LogP contribution in [0, 0.1) is 73.6 Å². The molecular formula is C94H109N35O. The third-order valence-electron chi connectivity index (χ3n) is 20.6. The van der Waals surface area contributed by atoms with E-state index in [9.17, 15) is 4.79 Å². The highest BCUT2D eigenvalue weighted by atomic mass is 16.2. The van der Waals surface area contributed by atoms with Crippen LogP contribution >= 0.6 is 0 Å². The number of benzene rings is 2. The lowest BCUT2D eigenvalue weighted by molar-refractivity contribution is -0.117. The summed E-state index contributed by atoms with van der Waals surface area (Å²) in [6.07, 6.45) is 64.6. The van der Waals surface area contributed by atoms with E-state index < -0.39 is 6.04 Å². The van der Waals surface area contributed by atoms with Gasteiger partial charge in [0.15, 0.2) is 0 Å². The van der Waals surface area contributed by atoms with Gasteiger partial charge in [-0.3, -0.25) is 4.79 Å². The van der Waals surface area contributed by atoms with Crippen LogP contribution in [0.2, 0.25) is 0 Å². The number of nitrogens with one attached hydrogen (secondary N) is 13. The fraction of sp³-hybridized carbons (Fsp3) is 0.277. The first-order valence-corrected chi connectivity index (χ1v) is 42.5. The van der Waals surface area contributed by atoms with Gasteiger partial charge in [0, 0.05) is 80.8 Å². The van der Waals surface area contributed by atoms with Gasteiger partial charge in [0.25, 0.3) is 0 Å². The molecule has 4 atom stereocenters. The van der Waals surface area contributed by atoms with Gasteiger partial charge >= 0.3 is 0 Å². The Labute approximate surface area is 757 Å². The molecule has 12 aromatic rings. The Morgan fingerprint density at radius 3 is 1.08 bits per heavy atom. The smallest absolute Gasteiger partial charge is 0.241 e. The number of hydrogen-bond donors (Lipinski definition) is 20. The van der Waals surface area contributed by atoms with Crippen molar-refractivity contribution in [1.29, 1.82) is 0 Å². The van der Waals surface area contributed by atoms with E-state index in [1.54, 1.807) is 68.0 Å². The number of carbonyl (C=O) groups is 1. The number of carbonyl (C=O) groups excluding carboxylic acids is 1. The normalized spacial score (nSPS) is 14.1. The molecule has 10 aromatic heterocycles. The van der Waals surface area contributed by atoms with Gasteiger partial charge in [0.1, 0.15) is 86.6 Å². The highest BCUT2D eigenvalue weighted by Crippen LogP contribution is 2.31. The molecule has 130 heavy (non-hydrogen) atoms. The number of para-hydroxylation sites is 1. The van der Waals surface area contributed by atoms with Crippen LogP contribution in [-0.4, -0.2) is 145 Å². The zero-order chi connectivity index (χ0) is 91.4. The lowest BCUT2D eigenvalue weighted by atomic mass is 9.89. The Bertz CT molecular complexity index is 5450. The molecule has 2 aromatic carbocycles. The zero-order valence-corrected chi connectivity index (χ0v) is 72.1. The average molecular weight is 1750 g/mol. The van der Waals surface area contributed by atoms with Crippen molar-refractivity contribution < 1.29 is 4.79 Å². The second-order valence-corrected chi connectivity index (χ2v) is 30.3. The van der Waals surface area contributed by atoms with Crippen LogP contribution in [0.4, 0.5) is 121 Å². The number of rotatable bonds is 31. The van der Waals surface area contributed by atoms with Crippen molar-refractivity contribution in [3.63, 3.8) is 0 Å². The van der Waals surface area contributed by atoms with E-state index in [-0.39, 0.29) is 11.9 Å². The van der Waals surface area contributed by atoms with Gasteiger partial charge in [-0.2, -0.15) is 0 Å². The summed E-state index contributed by atoms with van der Waals surface area (Å²) >= 11 is 0. The maximum absolute atomic E-state index is 12.2. The van der Waals surface area contributed by atoms with E-state index >= 15 is 0 Å². The zero-order valence-electron chi connectivity index (χ0n) is 72.1. The largest absolute Gasteiger partial charge is 0.396 e. The molecule has 3 unspecified atom stereocenters. The number of pyridine rings is 5. The summed E-state index contributed by atoms with van der Waals surface area (Å²) in [5.74, 6) is 19.2. The number of terminal acetylenes is 5. The van der Waals surface area contributed by atoms with Crippen molar-refractivity contribution in [2.45, 2.75) is 102 Å². The van der Waals surface area contributed by atoms with Gasteiger partial charge in [-0.25, -0.2) is 74.8 Å². The molecule has 27 N–H and O–H groups in total. The lowest BCUT2D eigenvalue weighted by Crippen LogP contribution is -2.39. The van der Waals surface area contributed by atoms with Gasteiger partial charge in [-0.05, 0) is 137 Å². The van der Waals surface area contributed by atoms with Gasteiger partial charge < -0.3 is 109 Å². The number of anilines is 21. The van der Waals surface area contributed by atoms with Crippen LogP contribution < -0.4 is 109 Å². The summed E-state index contributed by atoms with van der Waals surface area (Å²) in [5, 5.41) is 42.0. The molecule has 1 amide bonds. The molecule has 3 aliphatic rings. The lowest BCUT2D eigenvalue weighted by Gasteiger charge is -2.24. The highest BCUT2D eigenvalue weighted by Gasteiger charge is 2.20. The number of hydrogen-bond acceptors (Lipinski definition) is 35. The van der Waals surface area contributed by atoms with Crippen molar-refractivity contribution in [2.24, 2.45) is 23.3 Å². The SMILES string of the molecule is C#Cc1cnc(Nc2cc(NCC3CCCCC3)c(N)cn2)cn1.C#Cc1cnc(Nc2cc(NCC3CCCCN3)c(N)cn2)cn1.C#Cc1cnc(Nc2cc(NCCC(N)c3ccccc3)c(N)cn2)cn1.C#Cc1cnc(Nc2cc(NCCCC(N)C(=O)Nc3ccccc3)c(N)cn2)cn1.C#Cc1cnc(Nc2cc(NC[C@@H]3CCCNC3)c(N)cn2)cn1. The summed E-state index contributed by atoms with van der Waals surface area (Å²) in [5.41, 5.74) is 53.6. The van der Waals surface area contributed by atoms with Gasteiger partial charge in [-0.1, -0.05) is 74.2 Å². The van der Waals surface area contributed by atoms with Gasteiger partial charge in [0.2, 0.25) is 5.91 Å². The van der Waals surface area contributed by atoms with Crippen LogP contribution in [-0.2, 0) is 4.79 Å². The molecule has 0 radical (unpaired) electrons. The first kappa shape index (κ1) is 94.4. The molecule has 15 rings (SSSR count). The summed E-state index contributed by atoms with van der Waals surface area (Å²) in [6, 6.07) is 28.3. The maximum atomic E-state index is 12.2. The summed E-state index contributed by atoms with van der Waals surface area (Å²) in [6.45, 7) is 7.18. The number of nitrogens with two attached hydrogens (primary N) is 7. The Kier molecular flexibility index (Phi) is 36.7. The van der Waals surface area contributed by atoms with Crippen molar-refractivity contribution in [1.82, 2.24) is 85.4 Å². The number of amides is 1. The van der Waals surface area contributed by atoms with E-state index in [0.29, 0.717) is 159 Å². The van der Waals surface area contributed by atoms with E-state index in [0.717, 1.165) is 85.6 Å². The molecule has 3 fully saturated rings. The predicted molar refractivity (Wildman–Crippen MR) is 520 cm³/mol. The molecule has 36 nitrogen and oxygen atoms in total. The molecule has 0 bridgehead atoms. The summed E-state index contributed by atoms with van der Waals surface area (Å²) < 4.78 is 0. The molecule has 12 heterocycles. The third kappa shape index (κ3) is 31.4. The minimum absolute atomic E-state index is 0.0377. The Morgan fingerprint density at radius 2 is 0.723 bits per heavy atom. The minimum atomic E-state index is -0.599. The Balaban J connectivity index is 0.000000158. The molecule has 666 valence electrons. The highest BCUT2D eigenvalue weighted by molar-refractivity contribution is 5.94. The number of aromatic nitrogens is 15. The second kappa shape index (κ2) is 50.6. The van der Waals surface area contributed by atoms with Crippen molar-refractivity contribution in [2.75, 3.05) is 140 Å². The predicted octanol–water partition coefficient (Wildman–Crippen LogP) is 11.5. The van der Waals surface area contributed by atoms with Crippen LogP contribution in [0.25, 0.3) is 0 Å². The van der Waals surface area contributed by atoms with E-state index in [1.807, 2.05) is 84.9 Å². The number of nitrogen functional groups attached to an aromatic ring is 5. The van der Waals surface area contributed by atoms with E-state index in [2.05, 4.69) is 173 Å². The van der Waals surface area contributed by atoms with Gasteiger partial charge in [0.05, 0.1) is 156 Å². The van der Waals surface area contributed by atoms with Crippen LogP contribution in [0.3, 0.4) is 0 Å². The molecular weight excluding hydrogens is 1640 g/mol.